The van der Waals surface area contributed by atoms with Crippen LogP contribution in [-0.2, 0) is 0 Å². The van der Waals surface area contributed by atoms with E-state index in [1.165, 1.54) is 0 Å². The fourth-order valence-corrected chi connectivity index (χ4v) is 2.54. The highest BCUT2D eigenvalue weighted by atomic mass is 32.1. The van der Waals surface area contributed by atoms with Gasteiger partial charge in [0.2, 0.25) is 0 Å². The molecule has 2 aromatic heterocycles. The van der Waals surface area contributed by atoms with Crippen LogP contribution in [0.2, 0.25) is 0 Å². The van der Waals surface area contributed by atoms with Crippen LogP contribution < -0.4 is 10.6 Å². The van der Waals surface area contributed by atoms with Gasteiger partial charge in [0.25, 0.3) is 5.91 Å². The second kappa shape index (κ2) is 6.29. The first-order valence-electron chi connectivity index (χ1n) is 6.09. The van der Waals surface area contributed by atoms with Crippen molar-refractivity contribution in [3.05, 3.63) is 40.5 Å². The van der Waals surface area contributed by atoms with E-state index < -0.39 is 0 Å². The second-order valence-electron chi connectivity index (χ2n) is 3.95. The minimum absolute atomic E-state index is 0.0580. The number of aromatic nitrogens is 2. The Bertz CT molecular complexity index is 541. The third-order valence-corrected chi connectivity index (χ3v) is 3.64. The van der Waals surface area contributed by atoms with Gasteiger partial charge in [0.15, 0.2) is 0 Å². The van der Waals surface area contributed by atoms with E-state index >= 15 is 0 Å². The summed E-state index contributed by atoms with van der Waals surface area (Å²) in [5.74, 6) is 0.438. The molecule has 19 heavy (non-hydrogen) atoms. The first-order valence-corrected chi connectivity index (χ1v) is 6.97. The molecule has 100 valence electrons. The molecule has 2 N–H and O–H groups in total. The zero-order valence-corrected chi connectivity index (χ0v) is 11.7. The van der Waals surface area contributed by atoms with Crippen molar-refractivity contribution in [1.82, 2.24) is 15.3 Å². The predicted molar refractivity (Wildman–Crippen MR) is 76.4 cm³/mol. The number of nitrogens with zero attached hydrogens (tertiary/aromatic N) is 2. The van der Waals surface area contributed by atoms with Gasteiger partial charge < -0.3 is 10.6 Å². The highest BCUT2D eigenvalue weighted by Gasteiger charge is 2.18. The third-order valence-electron chi connectivity index (χ3n) is 2.75. The van der Waals surface area contributed by atoms with E-state index in [2.05, 4.69) is 20.6 Å². The molecule has 0 spiro atoms. The fraction of sp³-hybridized carbons (Fsp3) is 0.308. The Morgan fingerprint density at radius 3 is 2.89 bits per heavy atom. The number of nitrogens with one attached hydrogen (secondary N) is 2. The van der Waals surface area contributed by atoms with Crippen LogP contribution in [-0.4, -0.2) is 22.9 Å². The Morgan fingerprint density at radius 2 is 2.26 bits per heavy atom. The van der Waals surface area contributed by atoms with Crippen molar-refractivity contribution in [2.24, 2.45) is 0 Å². The molecule has 6 heteroatoms. The summed E-state index contributed by atoms with van der Waals surface area (Å²) >= 11 is 1.55. The molecule has 2 aromatic rings. The summed E-state index contributed by atoms with van der Waals surface area (Å²) in [7, 11) is 1.75. The van der Waals surface area contributed by atoms with Crippen molar-refractivity contribution in [2.45, 2.75) is 19.4 Å². The molecule has 0 aliphatic heterocycles. The van der Waals surface area contributed by atoms with Gasteiger partial charge in [-0.1, -0.05) is 6.92 Å². The first kappa shape index (κ1) is 13.5. The van der Waals surface area contributed by atoms with Crippen LogP contribution in [0.4, 0.5) is 5.82 Å². The molecule has 1 atom stereocenters. The van der Waals surface area contributed by atoms with Crippen LogP contribution in [0.15, 0.2) is 29.9 Å². The topological polar surface area (TPSA) is 66.9 Å². The number of carbonyl (C=O) groups excluding carboxylic acids is 1. The minimum Gasteiger partial charge on any atom is -0.372 e. The summed E-state index contributed by atoms with van der Waals surface area (Å²) in [6, 6.07) is 3.44. The van der Waals surface area contributed by atoms with Crippen molar-refractivity contribution in [3.63, 3.8) is 0 Å². The molecule has 5 nitrogen and oxygen atoms in total. The molecule has 0 bridgehead atoms. The third kappa shape index (κ3) is 3.08. The zero-order chi connectivity index (χ0) is 13.7. The summed E-state index contributed by atoms with van der Waals surface area (Å²) in [5, 5.41) is 8.74. The second-order valence-corrected chi connectivity index (χ2v) is 4.88. The molecule has 0 saturated heterocycles. The van der Waals surface area contributed by atoms with Crippen LogP contribution in [0.1, 0.15) is 34.8 Å². The summed E-state index contributed by atoms with van der Waals surface area (Å²) in [4.78, 5) is 20.7. The van der Waals surface area contributed by atoms with Crippen molar-refractivity contribution in [2.75, 3.05) is 12.4 Å². The Labute approximate surface area is 116 Å². The lowest BCUT2D eigenvalue weighted by Gasteiger charge is -2.15. The number of amides is 1. The van der Waals surface area contributed by atoms with E-state index in [4.69, 9.17) is 0 Å². The molecule has 0 fully saturated rings. The smallest absolute Gasteiger partial charge is 0.255 e. The molecule has 2 rings (SSSR count). The van der Waals surface area contributed by atoms with Crippen LogP contribution in [0.5, 0.6) is 0 Å². The average Bonchev–Trinajstić information content (AvgIpc) is 2.98. The van der Waals surface area contributed by atoms with Crippen molar-refractivity contribution in [3.8, 4) is 0 Å². The van der Waals surface area contributed by atoms with E-state index in [0.717, 1.165) is 11.4 Å². The SMILES string of the molecule is CCC(NC(=O)c1cccnc1NC)c1nccs1. The maximum Gasteiger partial charge on any atom is 0.255 e. The average molecular weight is 276 g/mol. The van der Waals surface area contributed by atoms with E-state index in [9.17, 15) is 4.79 Å². The number of rotatable bonds is 5. The number of hydrogen-bond acceptors (Lipinski definition) is 5. The van der Waals surface area contributed by atoms with E-state index in [1.54, 1.807) is 42.9 Å². The molecule has 0 aliphatic carbocycles. The van der Waals surface area contributed by atoms with Crippen LogP contribution in [0.25, 0.3) is 0 Å². The normalized spacial score (nSPS) is 11.9. The van der Waals surface area contributed by atoms with Gasteiger partial charge in [-0.2, -0.15) is 0 Å². The summed E-state index contributed by atoms with van der Waals surface area (Å²) in [5.41, 5.74) is 0.542. The minimum atomic E-state index is -0.139. The Morgan fingerprint density at radius 1 is 1.42 bits per heavy atom. The molecule has 0 aliphatic rings. The first-order chi connectivity index (χ1) is 9.26. The van der Waals surface area contributed by atoms with Crippen molar-refractivity contribution >= 4 is 23.1 Å². The monoisotopic (exact) mass is 276 g/mol. The van der Waals surface area contributed by atoms with Crippen LogP contribution in [0.3, 0.4) is 0 Å². The molecular formula is C13H16N4OS. The van der Waals surface area contributed by atoms with E-state index in [1.807, 2.05) is 12.3 Å². The Hall–Kier alpha value is -1.95. The number of thiazole rings is 1. The van der Waals surface area contributed by atoms with E-state index in [0.29, 0.717) is 11.4 Å². The lowest BCUT2D eigenvalue weighted by Crippen LogP contribution is -2.28. The highest BCUT2D eigenvalue weighted by molar-refractivity contribution is 7.09. The molecule has 0 radical (unpaired) electrons. The van der Waals surface area contributed by atoms with Gasteiger partial charge in [0.05, 0.1) is 11.6 Å². The number of carbonyl (C=O) groups is 1. The summed E-state index contributed by atoms with van der Waals surface area (Å²) < 4.78 is 0. The summed E-state index contributed by atoms with van der Waals surface area (Å²) in [6.45, 7) is 2.02. The highest BCUT2D eigenvalue weighted by Crippen LogP contribution is 2.20. The maximum atomic E-state index is 12.3. The van der Waals surface area contributed by atoms with E-state index in [-0.39, 0.29) is 11.9 Å². The van der Waals surface area contributed by atoms with Gasteiger partial charge in [0, 0.05) is 24.8 Å². The fourth-order valence-electron chi connectivity index (χ4n) is 1.77. The molecule has 1 amide bonds. The predicted octanol–water partition coefficient (Wildman–Crippen LogP) is 2.46. The molecule has 0 aromatic carbocycles. The van der Waals surface area contributed by atoms with Gasteiger partial charge in [-0.15, -0.1) is 11.3 Å². The van der Waals surface area contributed by atoms with Crippen LogP contribution in [0, 0.1) is 0 Å². The lowest BCUT2D eigenvalue weighted by atomic mass is 10.2. The summed E-state index contributed by atoms with van der Waals surface area (Å²) in [6.07, 6.45) is 4.20. The van der Waals surface area contributed by atoms with Crippen molar-refractivity contribution in [1.29, 1.82) is 0 Å². The number of pyridine rings is 1. The van der Waals surface area contributed by atoms with Gasteiger partial charge in [-0.05, 0) is 18.6 Å². The lowest BCUT2D eigenvalue weighted by molar-refractivity contribution is 0.0936. The number of hydrogen-bond donors (Lipinski definition) is 2. The number of anilines is 1. The molecule has 1 unspecified atom stereocenters. The largest absolute Gasteiger partial charge is 0.372 e. The van der Waals surface area contributed by atoms with Gasteiger partial charge in [-0.3, -0.25) is 4.79 Å². The van der Waals surface area contributed by atoms with Gasteiger partial charge in [-0.25, -0.2) is 9.97 Å². The standard InChI is InChI=1S/C13H16N4OS/c1-3-10(13-16-7-8-19-13)17-12(18)9-5-4-6-15-11(9)14-2/h4-8,10H,3H2,1-2H3,(H,14,15)(H,17,18). The van der Waals surface area contributed by atoms with Crippen molar-refractivity contribution < 1.29 is 4.79 Å². The van der Waals surface area contributed by atoms with Gasteiger partial charge in [0.1, 0.15) is 10.8 Å². The molecule has 0 saturated carbocycles. The molecular weight excluding hydrogens is 260 g/mol. The Kier molecular flexibility index (Phi) is 4.46. The van der Waals surface area contributed by atoms with Crippen LogP contribution >= 0.6 is 11.3 Å². The Balaban J connectivity index is 2.16. The zero-order valence-electron chi connectivity index (χ0n) is 10.9. The maximum absolute atomic E-state index is 12.3. The molecule has 2 heterocycles. The van der Waals surface area contributed by atoms with Gasteiger partial charge >= 0.3 is 0 Å². The quantitative estimate of drug-likeness (QED) is 0.880.